The lowest BCUT2D eigenvalue weighted by molar-refractivity contribution is 0.680. The molecule has 0 bridgehead atoms. The Hall–Kier alpha value is -0.680. The largest absolute Gasteiger partial charge is 0.373 e. The van der Waals surface area contributed by atoms with Crippen LogP contribution in [-0.2, 0) is 10.8 Å². The zero-order chi connectivity index (χ0) is 9.14. The van der Waals surface area contributed by atoms with Gasteiger partial charge in [0.1, 0.15) is 11.0 Å². The van der Waals surface area contributed by atoms with E-state index in [1.807, 2.05) is 0 Å². The van der Waals surface area contributed by atoms with Crippen molar-refractivity contribution in [3.63, 3.8) is 0 Å². The summed E-state index contributed by atoms with van der Waals surface area (Å²) in [5, 5.41) is 3.33. The summed E-state index contributed by atoms with van der Waals surface area (Å²) in [4.78, 5) is 7.74. The molecular formula is C6H8ClN3OS. The van der Waals surface area contributed by atoms with Crippen molar-refractivity contribution in [2.75, 3.05) is 18.6 Å². The normalized spacial score (nSPS) is 12.6. The zero-order valence-electron chi connectivity index (χ0n) is 6.67. The summed E-state index contributed by atoms with van der Waals surface area (Å²) in [5.74, 6) is 0.570. The first-order valence-electron chi connectivity index (χ1n) is 3.19. The van der Waals surface area contributed by atoms with Crippen molar-refractivity contribution < 1.29 is 4.21 Å². The minimum absolute atomic E-state index is 0.242. The van der Waals surface area contributed by atoms with Crippen molar-refractivity contribution in [1.29, 1.82) is 0 Å². The molecule has 6 heteroatoms. The van der Waals surface area contributed by atoms with Crippen LogP contribution in [0.5, 0.6) is 0 Å². The third-order valence-corrected chi connectivity index (χ3v) is 2.08. The Labute approximate surface area is 77.8 Å². The first-order valence-corrected chi connectivity index (χ1v) is 5.13. The molecule has 0 unspecified atom stereocenters. The fourth-order valence-corrected chi connectivity index (χ4v) is 1.34. The van der Waals surface area contributed by atoms with Crippen molar-refractivity contribution in [1.82, 2.24) is 9.97 Å². The van der Waals surface area contributed by atoms with E-state index in [4.69, 9.17) is 11.6 Å². The van der Waals surface area contributed by atoms with Crippen LogP contribution in [0.1, 0.15) is 0 Å². The average molecular weight is 206 g/mol. The van der Waals surface area contributed by atoms with Crippen LogP contribution in [0.15, 0.2) is 11.2 Å². The van der Waals surface area contributed by atoms with Crippen LogP contribution >= 0.6 is 11.6 Å². The van der Waals surface area contributed by atoms with E-state index < -0.39 is 10.8 Å². The van der Waals surface area contributed by atoms with Gasteiger partial charge in [0.25, 0.3) is 0 Å². The molecule has 0 saturated heterocycles. The first kappa shape index (κ1) is 9.41. The molecule has 0 aromatic carbocycles. The second-order valence-corrected chi connectivity index (χ2v) is 3.72. The molecule has 12 heavy (non-hydrogen) atoms. The van der Waals surface area contributed by atoms with Crippen LogP contribution < -0.4 is 5.32 Å². The maximum atomic E-state index is 11.0. The first-order chi connectivity index (χ1) is 5.63. The van der Waals surface area contributed by atoms with Gasteiger partial charge < -0.3 is 5.32 Å². The second-order valence-electron chi connectivity index (χ2n) is 2.06. The van der Waals surface area contributed by atoms with Gasteiger partial charge in [0.05, 0.1) is 10.8 Å². The number of nitrogens with one attached hydrogen (secondary N) is 1. The van der Waals surface area contributed by atoms with Crippen LogP contribution in [0.4, 0.5) is 5.82 Å². The molecule has 0 spiro atoms. The van der Waals surface area contributed by atoms with Crippen molar-refractivity contribution in [3.8, 4) is 0 Å². The molecule has 0 amide bonds. The maximum absolute atomic E-state index is 11.0. The highest BCUT2D eigenvalue weighted by atomic mass is 35.5. The average Bonchev–Trinajstić information content (AvgIpc) is 2.03. The van der Waals surface area contributed by atoms with Gasteiger partial charge in [-0.25, -0.2) is 9.97 Å². The highest BCUT2D eigenvalue weighted by molar-refractivity contribution is 7.84. The summed E-state index contributed by atoms with van der Waals surface area (Å²) in [7, 11) is 0.512. The van der Waals surface area contributed by atoms with Gasteiger partial charge in [-0.1, -0.05) is 11.6 Å². The van der Waals surface area contributed by atoms with Gasteiger partial charge in [-0.05, 0) is 0 Å². The third-order valence-electron chi connectivity index (χ3n) is 1.19. The lowest BCUT2D eigenvalue weighted by atomic mass is 10.6. The van der Waals surface area contributed by atoms with Crippen LogP contribution in [0.25, 0.3) is 0 Å². The minimum Gasteiger partial charge on any atom is -0.373 e. The minimum atomic E-state index is -1.20. The second kappa shape index (κ2) is 3.82. The van der Waals surface area contributed by atoms with Gasteiger partial charge in [-0.15, -0.1) is 0 Å². The summed E-state index contributed by atoms with van der Waals surface area (Å²) in [6.07, 6.45) is 1.51. The third kappa shape index (κ3) is 2.15. The van der Waals surface area contributed by atoms with Gasteiger partial charge in [0.15, 0.2) is 0 Å². The predicted molar refractivity (Wildman–Crippen MR) is 48.9 cm³/mol. The molecule has 1 heterocycles. The molecule has 66 valence electrons. The number of halogens is 1. The van der Waals surface area contributed by atoms with Gasteiger partial charge in [-0.3, -0.25) is 4.21 Å². The maximum Gasteiger partial charge on any atom is 0.221 e. The van der Waals surface area contributed by atoms with E-state index in [1.54, 1.807) is 13.1 Å². The molecule has 0 aliphatic heterocycles. The van der Waals surface area contributed by atoms with Gasteiger partial charge in [0.2, 0.25) is 5.16 Å². The van der Waals surface area contributed by atoms with Crippen LogP contribution in [0.3, 0.4) is 0 Å². The Morgan fingerprint density at radius 3 is 2.75 bits per heavy atom. The Morgan fingerprint density at radius 2 is 2.25 bits per heavy atom. The Kier molecular flexibility index (Phi) is 2.99. The summed E-state index contributed by atoms with van der Waals surface area (Å²) >= 11 is 5.65. The number of nitrogens with zero attached hydrogens (tertiary/aromatic N) is 2. The summed E-state index contributed by atoms with van der Waals surface area (Å²) in [5.41, 5.74) is 0. The van der Waals surface area contributed by atoms with Crippen molar-refractivity contribution in [3.05, 3.63) is 11.2 Å². The van der Waals surface area contributed by atoms with E-state index in [-0.39, 0.29) is 5.16 Å². The number of hydrogen-bond donors (Lipinski definition) is 1. The molecule has 0 radical (unpaired) electrons. The molecule has 4 nitrogen and oxygen atoms in total. The lowest BCUT2D eigenvalue weighted by Gasteiger charge is -2.00. The Bertz CT molecular complexity index is 318. The molecular weight excluding hydrogens is 198 g/mol. The highest BCUT2D eigenvalue weighted by Crippen LogP contribution is 2.12. The van der Waals surface area contributed by atoms with E-state index >= 15 is 0 Å². The van der Waals surface area contributed by atoms with Crippen LogP contribution in [0.2, 0.25) is 5.15 Å². The quantitative estimate of drug-likeness (QED) is 0.576. The Morgan fingerprint density at radius 1 is 1.58 bits per heavy atom. The van der Waals surface area contributed by atoms with E-state index in [0.29, 0.717) is 11.0 Å². The molecule has 1 aromatic heterocycles. The van der Waals surface area contributed by atoms with E-state index in [1.165, 1.54) is 6.26 Å². The zero-order valence-corrected chi connectivity index (χ0v) is 8.24. The molecule has 0 saturated carbocycles. The lowest BCUT2D eigenvalue weighted by Crippen LogP contribution is -2.01. The standard InChI is InChI=1S/C6H8ClN3OS/c1-8-5-3-4(7)9-6(10-5)12(2)11/h3H,1-2H3,(H,8,9,10)/t12-/m1/s1. The van der Waals surface area contributed by atoms with E-state index in [9.17, 15) is 4.21 Å². The Balaban J connectivity index is 3.15. The number of rotatable bonds is 2. The van der Waals surface area contributed by atoms with Crippen LogP contribution in [-0.4, -0.2) is 27.5 Å². The summed E-state index contributed by atoms with van der Waals surface area (Å²) < 4.78 is 11.0. The van der Waals surface area contributed by atoms with E-state index in [2.05, 4.69) is 15.3 Å². The molecule has 1 N–H and O–H groups in total. The fraction of sp³-hybridized carbons (Fsp3) is 0.333. The number of aromatic nitrogens is 2. The molecule has 1 rings (SSSR count). The number of hydrogen-bond acceptors (Lipinski definition) is 4. The molecule has 1 atom stereocenters. The predicted octanol–water partition coefficient (Wildman–Crippen LogP) is 0.909. The molecule has 1 aromatic rings. The van der Waals surface area contributed by atoms with Gasteiger partial charge >= 0.3 is 0 Å². The van der Waals surface area contributed by atoms with Crippen LogP contribution in [0, 0.1) is 0 Å². The monoisotopic (exact) mass is 205 g/mol. The topological polar surface area (TPSA) is 54.9 Å². The molecule has 0 aliphatic carbocycles. The molecule has 0 fully saturated rings. The van der Waals surface area contributed by atoms with Gasteiger partial charge in [0, 0.05) is 19.4 Å². The fourth-order valence-electron chi connectivity index (χ4n) is 0.653. The number of anilines is 1. The highest BCUT2D eigenvalue weighted by Gasteiger charge is 2.04. The van der Waals surface area contributed by atoms with Crippen molar-refractivity contribution in [2.24, 2.45) is 0 Å². The van der Waals surface area contributed by atoms with E-state index in [0.717, 1.165) is 0 Å². The SMILES string of the molecule is CNc1cc(Cl)nc([S@@](C)=O)n1. The van der Waals surface area contributed by atoms with Crippen molar-refractivity contribution >= 4 is 28.2 Å². The van der Waals surface area contributed by atoms with Crippen molar-refractivity contribution in [2.45, 2.75) is 5.16 Å². The molecule has 0 aliphatic rings. The smallest absolute Gasteiger partial charge is 0.221 e. The summed E-state index contributed by atoms with van der Waals surface area (Å²) in [6, 6.07) is 1.57. The summed E-state index contributed by atoms with van der Waals surface area (Å²) in [6.45, 7) is 0. The van der Waals surface area contributed by atoms with Gasteiger partial charge in [-0.2, -0.15) is 0 Å².